The highest BCUT2D eigenvalue weighted by molar-refractivity contribution is 5.80. The molecule has 1 aliphatic heterocycles. The average Bonchev–Trinajstić information content (AvgIpc) is 3.18. The lowest BCUT2D eigenvalue weighted by Crippen LogP contribution is -2.43. The molecule has 1 N–H and O–H groups in total. The molecule has 2 aromatic rings. The number of carbonyl (C=O) groups is 1. The van der Waals surface area contributed by atoms with Crippen LogP contribution in [0.1, 0.15) is 26.2 Å². The molecule has 1 aromatic heterocycles. The van der Waals surface area contributed by atoms with Crippen LogP contribution in [-0.4, -0.2) is 45.6 Å². The van der Waals surface area contributed by atoms with Gasteiger partial charge in [0.15, 0.2) is 0 Å². The smallest absolute Gasteiger partial charge is 0.317 e. The van der Waals surface area contributed by atoms with E-state index < -0.39 is 11.1 Å². The van der Waals surface area contributed by atoms with Crippen molar-refractivity contribution in [1.29, 1.82) is 0 Å². The quantitative estimate of drug-likeness (QED) is 0.771. The molecule has 1 aromatic carbocycles. The maximum atomic E-state index is 12.3. The van der Waals surface area contributed by atoms with E-state index >= 15 is 0 Å². The summed E-state index contributed by atoms with van der Waals surface area (Å²) in [5.41, 5.74) is -0.0846. The summed E-state index contributed by atoms with van der Waals surface area (Å²) in [5.74, 6) is -0.251. The molecule has 0 unspecified atom stereocenters. The molecule has 7 heteroatoms. The Hall–Kier alpha value is -2.41. The van der Waals surface area contributed by atoms with Crippen LogP contribution < -0.4 is 16.4 Å². The highest BCUT2D eigenvalue weighted by Gasteiger charge is 2.18. The Morgan fingerprint density at radius 3 is 2.46 bits per heavy atom. The summed E-state index contributed by atoms with van der Waals surface area (Å²) in [6.07, 6.45) is 3.36. The van der Waals surface area contributed by atoms with E-state index in [1.54, 1.807) is 31.3 Å². The number of aryl methyl sites for hydroxylation is 1. The molecule has 0 bridgehead atoms. The first-order chi connectivity index (χ1) is 12.5. The summed E-state index contributed by atoms with van der Waals surface area (Å²) < 4.78 is 2.58. The van der Waals surface area contributed by atoms with Crippen LogP contribution >= 0.6 is 0 Å². The molecule has 1 fully saturated rings. The number of para-hydroxylation sites is 2. The molecule has 0 spiro atoms. The maximum absolute atomic E-state index is 12.3. The molecule has 0 radical (unpaired) electrons. The molecular weight excluding hydrogens is 332 g/mol. The van der Waals surface area contributed by atoms with E-state index in [9.17, 15) is 14.4 Å². The van der Waals surface area contributed by atoms with Gasteiger partial charge in [0.2, 0.25) is 5.91 Å². The van der Waals surface area contributed by atoms with Crippen molar-refractivity contribution < 1.29 is 4.79 Å². The molecule has 140 valence electrons. The fourth-order valence-electron chi connectivity index (χ4n) is 3.60. The molecule has 1 saturated heterocycles. The van der Waals surface area contributed by atoms with Gasteiger partial charge in [0.25, 0.3) is 0 Å². The van der Waals surface area contributed by atoms with Crippen LogP contribution in [0.3, 0.4) is 0 Å². The zero-order valence-corrected chi connectivity index (χ0v) is 15.4. The summed E-state index contributed by atoms with van der Waals surface area (Å²) in [4.78, 5) is 39.2. The predicted molar refractivity (Wildman–Crippen MR) is 101 cm³/mol. The molecule has 2 heterocycles. The lowest BCUT2D eigenvalue weighted by Gasteiger charge is -2.23. The Morgan fingerprint density at radius 2 is 1.77 bits per heavy atom. The number of benzene rings is 1. The summed E-state index contributed by atoms with van der Waals surface area (Å²) in [5, 5.41) is 2.88. The molecular formula is C19H26N4O3. The molecule has 0 aliphatic carbocycles. The minimum atomic E-state index is -0.674. The second-order valence-corrected chi connectivity index (χ2v) is 6.97. The van der Waals surface area contributed by atoms with Gasteiger partial charge in [0.05, 0.1) is 11.0 Å². The fraction of sp³-hybridized carbons (Fsp3) is 0.526. The molecule has 1 amide bonds. The van der Waals surface area contributed by atoms with Crippen molar-refractivity contribution in [3.8, 4) is 0 Å². The van der Waals surface area contributed by atoms with Gasteiger partial charge in [-0.3, -0.25) is 19.0 Å². The number of fused-ring (bicyclic) bond motifs is 1. The summed E-state index contributed by atoms with van der Waals surface area (Å²) in [6, 6.07) is 7.54. The van der Waals surface area contributed by atoms with Crippen molar-refractivity contribution in [3.63, 3.8) is 0 Å². The standard InChI is InChI=1S/C19H26N4O3/c1-14(22-11-5-6-12-22)9-10-20-17(24)13-23-16-8-4-3-7-15(16)21(2)18(25)19(23)26/h3-4,7-8,14H,5-6,9-13H2,1-2H3,(H,20,24)/t14-/m1/s1. The maximum Gasteiger partial charge on any atom is 0.317 e. The Bertz CT molecular complexity index is 909. The molecule has 26 heavy (non-hydrogen) atoms. The summed E-state index contributed by atoms with van der Waals surface area (Å²) >= 11 is 0. The van der Waals surface area contributed by atoms with Gasteiger partial charge in [0, 0.05) is 19.6 Å². The number of carbonyl (C=O) groups excluding carboxylic acids is 1. The molecule has 7 nitrogen and oxygen atoms in total. The summed E-state index contributed by atoms with van der Waals surface area (Å²) in [6.45, 7) is 4.85. The number of nitrogens with zero attached hydrogens (tertiary/aromatic N) is 3. The first kappa shape index (κ1) is 18.4. The Labute approximate surface area is 152 Å². The number of aromatic nitrogens is 2. The van der Waals surface area contributed by atoms with Crippen LogP contribution in [0.25, 0.3) is 11.0 Å². The third-order valence-electron chi connectivity index (χ3n) is 5.22. The van der Waals surface area contributed by atoms with Gasteiger partial charge in [-0.2, -0.15) is 0 Å². The van der Waals surface area contributed by atoms with Gasteiger partial charge in [0.1, 0.15) is 6.54 Å². The zero-order chi connectivity index (χ0) is 18.7. The fourth-order valence-corrected chi connectivity index (χ4v) is 3.60. The Kier molecular flexibility index (Phi) is 5.56. The van der Waals surface area contributed by atoms with E-state index in [2.05, 4.69) is 17.1 Å². The second kappa shape index (κ2) is 7.86. The van der Waals surface area contributed by atoms with Crippen molar-refractivity contribution in [3.05, 3.63) is 45.0 Å². The van der Waals surface area contributed by atoms with Gasteiger partial charge >= 0.3 is 11.1 Å². The van der Waals surface area contributed by atoms with Crippen LogP contribution in [0.5, 0.6) is 0 Å². The van der Waals surface area contributed by atoms with Crippen LogP contribution in [-0.2, 0) is 18.4 Å². The molecule has 1 atom stereocenters. The average molecular weight is 358 g/mol. The van der Waals surface area contributed by atoms with E-state index in [1.165, 1.54) is 22.0 Å². The van der Waals surface area contributed by atoms with E-state index in [0.29, 0.717) is 23.6 Å². The third kappa shape index (κ3) is 3.72. The van der Waals surface area contributed by atoms with E-state index in [1.807, 2.05) is 0 Å². The van der Waals surface area contributed by atoms with Crippen molar-refractivity contribution in [2.24, 2.45) is 7.05 Å². The molecule has 0 saturated carbocycles. The lowest BCUT2D eigenvalue weighted by atomic mass is 10.2. The highest BCUT2D eigenvalue weighted by Crippen LogP contribution is 2.13. The van der Waals surface area contributed by atoms with Crippen LogP contribution in [0, 0.1) is 0 Å². The van der Waals surface area contributed by atoms with Gasteiger partial charge < -0.3 is 14.8 Å². The Morgan fingerprint density at radius 1 is 1.12 bits per heavy atom. The number of nitrogens with one attached hydrogen (secondary N) is 1. The monoisotopic (exact) mass is 358 g/mol. The predicted octanol–water partition coefficient (Wildman–Crippen LogP) is 0.691. The summed E-state index contributed by atoms with van der Waals surface area (Å²) in [7, 11) is 1.57. The van der Waals surface area contributed by atoms with Gasteiger partial charge in [-0.05, 0) is 51.4 Å². The minimum absolute atomic E-state index is 0.145. The van der Waals surface area contributed by atoms with Crippen LogP contribution in [0.2, 0.25) is 0 Å². The number of likely N-dealkylation sites (tertiary alicyclic amines) is 1. The van der Waals surface area contributed by atoms with E-state index in [0.717, 1.165) is 19.5 Å². The van der Waals surface area contributed by atoms with Crippen molar-refractivity contribution in [2.45, 2.75) is 38.8 Å². The molecule has 3 rings (SSSR count). The Balaban J connectivity index is 1.68. The molecule has 1 aliphatic rings. The lowest BCUT2D eigenvalue weighted by molar-refractivity contribution is -0.121. The van der Waals surface area contributed by atoms with E-state index in [-0.39, 0.29) is 12.5 Å². The van der Waals surface area contributed by atoms with Crippen molar-refractivity contribution in [1.82, 2.24) is 19.4 Å². The van der Waals surface area contributed by atoms with Crippen LogP contribution in [0.4, 0.5) is 0 Å². The zero-order valence-electron chi connectivity index (χ0n) is 15.4. The van der Waals surface area contributed by atoms with Crippen molar-refractivity contribution in [2.75, 3.05) is 19.6 Å². The van der Waals surface area contributed by atoms with E-state index in [4.69, 9.17) is 0 Å². The first-order valence-corrected chi connectivity index (χ1v) is 9.18. The normalized spacial score (nSPS) is 16.1. The van der Waals surface area contributed by atoms with Crippen molar-refractivity contribution >= 4 is 16.9 Å². The largest absolute Gasteiger partial charge is 0.354 e. The second-order valence-electron chi connectivity index (χ2n) is 6.97. The highest BCUT2D eigenvalue weighted by atomic mass is 16.2. The van der Waals surface area contributed by atoms with Gasteiger partial charge in [-0.1, -0.05) is 12.1 Å². The number of hydrogen-bond donors (Lipinski definition) is 1. The SMILES string of the molecule is C[C@H](CCNC(=O)Cn1c(=O)c(=O)n(C)c2ccccc21)N1CCCC1. The third-order valence-corrected chi connectivity index (χ3v) is 5.22. The number of hydrogen-bond acceptors (Lipinski definition) is 4. The minimum Gasteiger partial charge on any atom is -0.354 e. The topological polar surface area (TPSA) is 76.3 Å². The number of amides is 1. The first-order valence-electron chi connectivity index (χ1n) is 9.18. The van der Waals surface area contributed by atoms with Crippen LogP contribution in [0.15, 0.2) is 33.9 Å². The van der Waals surface area contributed by atoms with Gasteiger partial charge in [-0.15, -0.1) is 0 Å². The number of rotatable bonds is 6. The van der Waals surface area contributed by atoms with Gasteiger partial charge in [-0.25, -0.2) is 0 Å².